The third-order valence-corrected chi connectivity index (χ3v) is 4.70. The SMILES string of the molecule is CCCCCCCCCC(C)C(C)C(C)CC. The van der Waals surface area contributed by atoms with Gasteiger partial charge in [-0.1, -0.05) is 92.4 Å². The fourth-order valence-electron chi connectivity index (χ4n) is 2.62. The van der Waals surface area contributed by atoms with Crippen LogP contribution in [0.1, 0.15) is 92.4 Å². The van der Waals surface area contributed by atoms with Crippen molar-refractivity contribution in [2.24, 2.45) is 17.8 Å². The van der Waals surface area contributed by atoms with E-state index in [1.165, 1.54) is 57.8 Å². The Balaban J connectivity index is 3.41. The van der Waals surface area contributed by atoms with Gasteiger partial charge in [-0.3, -0.25) is 0 Å². The predicted octanol–water partition coefficient (Wildman–Crippen LogP) is 6.45. The van der Waals surface area contributed by atoms with Crippen LogP contribution in [0.4, 0.5) is 0 Å². The van der Waals surface area contributed by atoms with Crippen molar-refractivity contribution in [3.05, 3.63) is 0 Å². The van der Waals surface area contributed by atoms with Crippen molar-refractivity contribution in [3.63, 3.8) is 0 Å². The molecule has 3 unspecified atom stereocenters. The Kier molecular flexibility index (Phi) is 11.1. The normalized spacial score (nSPS) is 16.8. The molecule has 0 fully saturated rings. The van der Waals surface area contributed by atoms with Crippen LogP contribution in [0.5, 0.6) is 0 Å². The summed E-state index contributed by atoms with van der Waals surface area (Å²) in [5.41, 5.74) is 0. The third kappa shape index (κ3) is 8.69. The van der Waals surface area contributed by atoms with E-state index < -0.39 is 0 Å². The Morgan fingerprint density at radius 2 is 1.18 bits per heavy atom. The van der Waals surface area contributed by atoms with Crippen molar-refractivity contribution in [2.45, 2.75) is 92.4 Å². The second-order valence-corrected chi connectivity index (χ2v) is 6.13. The van der Waals surface area contributed by atoms with E-state index in [2.05, 4.69) is 34.6 Å². The van der Waals surface area contributed by atoms with Crippen molar-refractivity contribution >= 4 is 0 Å². The maximum absolute atomic E-state index is 2.45. The molecule has 0 heterocycles. The molecule has 0 aliphatic carbocycles. The Morgan fingerprint density at radius 1 is 0.647 bits per heavy atom. The van der Waals surface area contributed by atoms with E-state index in [1.807, 2.05) is 0 Å². The first kappa shape index (κ1) is 17.0. The molecule has 104 valence electrons. The molecule has 0 amide bonds. The van der Waals surface area contributed by atoms with E-state index in [4.69, 9.17) is 0 Å². The van der Waals surface area contributed by atoms with Crippen LogP contribution in [0.25, 0.3) is 0 Å². The van der Waals surface area contributed by atoms with E-state index in [0.29, 0.717) is 0 Å². The van der Waals surface area contributed by atoms with Gasteiger partial charge < -0.3 is 0 Å². The summed E-state index contributed by atoms with van der Waals surface area (Å²) < 4.78 is 0. The summed E-state index contributed by atoms with van der Waals surface area (Å²) >= 11 is 0. The van der Waals surface area contributed by atoms with Gasteiger partial charge in [-0.25, -0.2) is 0 Å². The Labute approximate surface area is 111 Å². The predicted molar refractivity (Wildman–Crippen MR) is 80.4 cm³/mol. The van der Waals surface area contributed by atoms with E-state index in [9.17, 15) is 0 Å². The quantitative estimate of drug-likeness (QED) is 0.364. The summed E-state index contributed by atoms with van der Waals surface area (Å²) in [6.07, 6.45) is 12.9. The molecule has 0 saturated carbocycles. The Morgan fingerprint density at radius 3 is 1.71 bits per heavy atom. The average molecular weight is 240 g/mol. The van der Waals surface area contributed by atoms with E-state index in [-0.39, 0.29) is 0 Å². The van der Waals surface area contributed by atoms with Gasteiger partial charge in [0.05, 0.1) is 0 Å². The van der Waals surface area contributed by atoms with Gasteiger partial charge in [0.15, 0.2) is 0 Å². The van der Waals surface area contributed by atoms with Gasteiger partial charge >= 0.3 is 0 Å². The van der Waals surface area contributed by atoms with Gasteiger partial charge in [0.1, 0.15) is 0 Å². The molecule has 0 radical (unpaired) electrons. The standard InChI is InChI=1S/C17H36/c1-6-8-9-10-11-12-13-14-16(4)17(5)15(3)7-2/h15-17H,6-14H2,1-5H3. The van der Waals surface area contributed by atoms with Gasteiger partial charge in [0.25, 0.3) is 0 Å². The molecule has 17 heavy (non-hydrogen) atoms. The molecule has 0 aromatic carbocycles. The Hall–Kier alpha value is 0. The smallest absolute Gasteiger partial charge is 0.0391 e. The number of hydrogen-bond acceptors (Lipinski definition) is 0. The Bertz CT molecular complexity index is 150. The highest BCUT2D eigenvalue weighted by Crippen LogP contribution is 2.27. The maximum atomic E-state index is 2.45. The minimum absolute atomic E-state index is 0.898. The summed E-state index contributed by atoms with van der Waals surface area (Å²) in [7, 11) is 0. The lowest BCUT2D eigenvalue weighted by Gasteiger charge is -2.25. The van der Waals surface area contributed by atoms with E-state index >= 15 is 0 Å². The fraction of sp³-hybridized carbons (Fsp3) is 1.00. The topological polar surface area (TPSA) is 0 Å². The molecule has 0 aliphatic rings. The molecule has 0 N–H and O–H groups in total. The molecular weight excluding hydrogens is 204 g/mol. The molecular formula is C17H36. The van der Waals surface area contributed by atoms with E-state index in [1.54, 1.807) is 0 Å². The lowest BCUT2D eigenvalue weighted by atomic mass is 9.81. The van der Waals surface area contributed by atoms with Crippen LogP contribution in [0.15, 0.2) is 0 Å². The van der Waals surface area contributed by atoms with Crippen LogP contribution in [0.3, 0.4) is 0 Å². The van der Waals surface area contributed by atoms with Gasteiger partial charge in [-0.15, -0.1) is 0 Å². The second kappa shape index (κ2) is 11.1. The zero-order valence-electron chi connectivity index (χ0n) is 13.1. The number of hydrogen-bond donors (Lipinski definition) is 0. The molecule has 3 atom stereocenters. The van der Waals surface area contributed by atoms with Gasteiger partial charge in [0.2, 0.25) is 0 Å². The van der Waals surface area contributed by atoms with Crippen molar-refractivity contribution in [2.75, 3.05) is 0 Å². The lowest BCUT2D eigenvalue weighted by molar-refractivity contribution is 0.255. The summed E-state index contributed by atoms with van der Waals surface area (Å²) in [6, 6.07) is 0. The van der Waals surface area contributed by atoms with E-state index in [0.717, 1.165) is 17.8 Å². The fourth-order valence-corrected chi connectivity index (χ4v) is 2.62. The highest BCUT2D eigenvalue weighted by atomic mass is 14.2. The molecule has 0 saturated heterocycles. The third-order valence-electron chi connectivity index (χ3n) is 4.70. The first-order chi connectivity index (χ1) is 8.13. The van der Waals surface area contributed by atoms with Crippen LogP contribution in [-0.4, -0.2) is 0 Å². The van der Waals surface area contributed by atoms with Crippen LogP contribution in [0.2, 0.25) is 0 Å². The first-order valence-corrected chi connectivity index (χ1v) is 8.13. The van der Waals surface area contributed by atoms with Crippen molar-refractivity contribution in [1.29, 1.82) is 0 Å². The highest BCUT2D eigenvalue weighted by Gasteiger charge is 2.16. The summed E-state index contributed by atoms with van der Waals surface area (Å²) in [6.45, 7) is 11.9. The van der Waals surface area contributed by atoms with Crippen molar-refractivity contribution in [1.82, 2.24) is 0 Å². The minimum atomic E-state index is 0.898. The summed E-state index contributed by atoms with van der Waals surface area (Å²) in [4.78, 5) is 0. The average Bonchev–Trinajstić information content (AvgIpc) is 2.35. The van der Waals surface area contributed by atoms with Crippen LogP contribution in [-0.2, 0) is 0 Å². The summed E-state index contributed by atoms with van der Waals surface area (Å²) in [5.74, 6) is 2.72. The molecule has 0 spiro atoms. The van der Waals surface area contributed by atoms with Crippen LogP contribution < -0.4 is 0 Å². The van der Waals surface area contributed by atoms with Gasteiger partial charge in [0, 0.05) is 0 Å². The lowest BCUT2D eigenvalue weighted by Crippen LogP contribution is -2.15. The minimum Gasteiger partial charge on any atom is -0.0654 e. The molecule has 0 heteroatoms. The van der Waals surface area contributed by atoms with Crippen molar-refractivity contribution < 1.29 is 0 Å². The highest BCUT2D eigenvalue weighted by molar-refractivity contribution is 4.67. The number of unbranched alkanes of at least 4 members (excludes halogenated alkanes) is 6. The van der Waals surface area contributed by atoms with Gasteiger partial charge in [-0.2, -0.15) is 0 Å². The zero-order valence-corrected chi connectivity index (χ0v) is 13.1. The van der Waals surface area contributed by atoms with Crippen LogP contribution >= 0.6 is 0 Å². The largest absolute Gasteiger partial charge is 0.0654 e. The van der Waals surface area contributed by atoms with Crippen molar-refractivity contribution in [3.8, 4) is 0 Å². The first-order valence-electron chi connectivity index (χ1n) is 8.13. The molecule has 0 bridgehead atoms. The molecule has 0 aromatic rings. The van der Waals surface area contributed by atoms with Gasteiger partial charge in [-0.05, 0) is 17.8 Å². The zero-order chi connectivity index (χ0) is 13.1. The number of rotatable bonds is 11. The maximum Gasteiger partial charge on any atom is -0.0391 e. The molecule has 0 rings (SSSR count). The molecule has 0 nitrogen and oxygen atoms in total. The van der Waals surface area contributed by atoms with Crippen LogP contribution in [0, 0.1) is 17.8 Å². The monoisotopic (exact) mass is 240 g/mol. The second-order valence-electron chi connectivity index (χ2n) is 6.13. The molecule has 0 aliphatic heterocycles. The molecule has 0 aromatic heterocycles. The summed E-state index contributed by atoms with van der Waals surface area (Å²) in [5, 5.41) is 0.